The van der Waals surface area contributed by atoms with Crippen molar-refractivity contribution in [3.05, 3.63) is 140 Å². The van der Waals surface area contributed by atoms with Crippen LogP contribution in [0.2, 0.25) is 0 Å². The van der Waals surface area contributed by atoms with Crippen LogP contribution in [0.1, 0.15) is 0 Å². The molecule has 8 rings (SSSR count). The number of aromatic nitrogens is 3. The highest BCUT2D eigenvalue weighted by Gasteiger charge is 2.18. The van der Waals surface area contributed by atoms with Gasteiger partial charge < -0.3 is 4.42 Å². The highest BCUT2D eigenvalue weighted by atomic mass is 16.3. The molecule has 0 aliphatic carbocycles. The molecule has 2 aromatic heterocycles. The Bertz CT molecular complexity index is 2200. The molecule has 4 heteroatoms. The molecular weight excluding hydrogens is 502 g/mol. The fourth-order valence-corrected chi connectivity index (χ4v) is 5.60. The van der Waals surface area contributed by atoms with Crippen LogP contribution < -0.4 is 0 Å². The molecule has 0 atom stereocenters. The zero-order chi connectivity index (χ0) is 27.2. The third-order valence-corrected chi connectivity index (χ3v) is 7.52. The molecule has 6 aromatic carbocycles. The lowest BCUT2D eigenvalue weighted by atomic mass is 9.95. The Morgan fingerprint density at radius 3 is 1.80 bits per heavy atom. The standard InChI is InChI=1S/C37H23N3O/c1-3-12-24(13-4-1)31-23-27(22-26-16-7-8-17-28(26)31)36-38-35(25-14-5-2-6-15-25)39-37(40-36)30-19-11-21-33-34(30)29-18-9-10-20-32(29)41-33/h1-23H. The number of rotatable bonds is 4. The molecule has 4 nitrogen and oxygen atoms in total. The van der Waals surface area contributed by atoms with Crippen molar-refractivity contribution in [3.63, 3.8) is 0 Å². The number of hydrogen-bond donors (Lipinski definition) is 0. The Morgan fingerprint density at radius 2 is 1.00 bits per heavy atom. The Hall–Kier alpha value is -5.61. The summed E-state index contributed by atoms with van der Waals surface area (Å²) < 4.78 is 6.19. The second-order valence-corrected chi connectivity index (χ2v) is 10.1. The van der Waals surface area contributed by atoms with Crippen molar-refractivity contribution in [2.45, 2.75) is 0 Å². The lowest BCUT2D eigenvalue weighted by Crippen LogP contribution is -2.00. The summed E-state index contributed by atoms with van der Waals surface area (Å²) in [6, 6.07) is 47.5. The van der Waals surface area contributed by atoms with Gasteiger partial charge in [-0.2, -0.15) is 0 Å². The molecule has 0 aliphatic heterocycles. The van der Waals surface area contributed by atoms with Gasteiger partial charge in [0.05, 0.1) is 0 Å². The maximum atomic E-state index is 6.19. The van der Waals surface area contributed by atoms with E-state index in [9.17, 15) is 0 Å². The molecular formula is C37H23N3O. The summed E-state index contributed by atoms with van der Waals surface area (Å²) in [7, 11) is 0. The van der Waals surface area contributed by atoms with Gasteiger partial charge in [-0.1, -0.05) is 115 Å². The van der Waals surface area contributed by atoms with Crippen LogP contribution in [0, 0.1) is 0 Å². The molecule has 8 aromatic rings. The zero-order valence-corrected chi connectivity index (χ0v) is 22.0. The fraction of sp³-hybridized carbons (Fsp3) is 0. The van der Waals surface area contributed by atoms with E-state index in [-0.39, 0.29) is 0 Å². The molecule has 0 saturated carbocycles. The van der Waals surface area contributed by atoms with E-state index in [0.717, 1.165) is 55.1 Å². The van der Waals surface area contributed by atoms with E-state index in [1.165, 1.54) is 5.39 Å². The Kier molecular flexibility index (Phi) is 5.42. The number of benzene rings is 6. The zero-order valence-electron chi connectivity index (χ0n) is 22.0. The van der Waals surface area contributed by atoms with Crippen LogP contribution in [0.4, 0.5) is 0 Å². The van der Waals surface area contributed by atoms with Crippen LogP contribution in [-0.4, -0.2) is 15.0 Å². The van der Waals surface area contributed by atoms with Gasteiger partial charge in [-0.3, -0.25) is 0 Å². The minimum Gasteiger partial charge on any atom is -0.456 e. The predicted octanol–water partition coefficient (Wildman–Crippen LogP) is 9.59. The van der Waals surface area contributed by atoms with Gasteiger partial charge in [0, 0.05) is 27.5 Å². The Labute approximate surface area is 236 Å². The summed E-state index contributed by atoms with van der Waals surface area (Å²) in [6.45, 7) is 0. The molecule has 2 heterocycles. The molecule has 0 aliphatic rings. The van der Waals surface area contributed by atoms with E-state index in [1.807, 2.05) is 66.7 Å². The highest BCUT2D eigenvalue weighted by molar-refractivity contribution is 6.11. The van der Waals surface area contributed by atoms with Gasteiger partial charge >= 0.3 is 0 Å². The SMILES string of the molecule is c1ccc(-c2nc(-c3cc(-c4ccccc4)c4ccccc4c3)nc(-c3cccc4oc5ccccc5c34)n2)cc1. The van der Waals surface area contributed by atoms with E-state index < -0.39 is 0 Å². The number of para-hydroxylation sites is 1. The molecule has 0 fully saturated rings. The maximum Gasteiger partial charge on any atom is 0.164 e. The first-order valence-corrected chi connectivity index (χ1v) is 13.6. The van der Waals surface area contributed by atoms with Crippen molar-refractivity contribution in [1.82, 2.24) is 15.0 Å². The summed E-state index contributed by atoms with van der Waals surface area (Å²) in [5.74, 6) is 1.87. The number of fused-ring (bicyclic) bond motifs is 4. The second-order valence-electron chi connectivity index (χ2n) is 10.1. The molecule has 0 radical (unpaired) electrons. The van der Waals surface area contributed by atoms with Gasteiger partial charge in [0.2, 0.25) is 0 Å². The molecule has 0 N–H and O–H groups in total. The smallest absolute Gasteiger partial charge is 0.164 e. The molecule has 0 amide bonds. The quantitative estimate of drug-likeness (QED) is 0.230. The number of hydrogen-bond acceptors (Lipinski definition) is 4. The average Bonchev–Trinajstić information content (AvgIpc) is 3.44. The van der Waals surface area contributed by atoms with Crippen molar-refractivity contribution >= 4 is 32.7 Å². The van der Waals surface area contributed by atoms with Gasteiger partial charge in [0.1, 0.15) is 11.2 Å². The summed E-state index contributed by atoms with van der Waals surface area (Å²) in [5.41, 5.74) is 6.73. The molecule has 41 heavy (non-hydrogen) atoms. The van der Waals surface area contributed by atoms with Crippen molar-refractivity contribution in [2.75, 3.05) is 0 Å². The van der Waals surface area contributed by atoms with Gasteiger partial charge in [-0.05, 0) is 46.2 Å². The summed E-state index contributed by atoms with van der Waals surface area (Å²) in [4.78, 5) is 15.2. The Balaban J connectivity index is 1.41. The fourth-order valence-electron chi connectivity index (χ4n) is 5.60. The van der Waals surface area contributed by atoms with Crippen molar-refractivity contribution < 1.29 is 4.42 Å². The van der Waals surface area contributed by atoms with Crippen LogP contribution in [-0.2, 0) is 0 Å². The van der Waals surface area contributed by atoms with Crippen molar-refractivity contribution in [1.29, 1.82) is 0 Å². The summed E-state index contributed by atoms with van der Waals surface area (Å²) >= 11 is 0. The average molecular weight is 526 g/mol. The van der Waals surface area contributed by atoms with Gasteiger partial charge in [-0.25, -0.2) is 15.0 Å². The number of nitrogens with zero attached hydrogens (tertiary/aromatic N) is 3. The Morgan fingerprint density at radius 1 is 0.390 bits per heavy atom. The maximum absolute atomic E-state index is 6.19. The van der Waals surface area contributed by atoms with Crippen LogP contribution in [0.15, 0.2) is 144 Å². The van der Waals surface area contributed by atoms with Crippen molar-refractivity contribution in [2.24, 2.45) is 0 Å². The minimum absolute atomic E-state index is 0.612. The monoisotopic (exact) mass is 525 g/mol. The van der Waals surface area contributed by atoms with E-state index >= 15 is 0 Å². The van der Waals surface area contributed by atoms with E-state index in [2.05, 4.69) is 72.8 Å². The molecule has 0 spiro atoms. The third-order valence-electron chi connectivity index (χ3n) is 7.52. The predicted molar refractivity (Wildman–Crippen MR) is 166 cm³/mol. The minimum atomic E-state index is 0.612. The van der Waals surface area contributed by atoms with Crippen LogP contribution in [0.5, 0.6) is 0 Å². The van der Waals surface area contributed by atoms with Crippen LogP contribution in [0.3, 0.4) is 0 Å². The lowest BCUT2D eigenvalue weighted by Gasteiger charge is -2.12. The first-order chi connectivity index (χ1) is 20.3. The first kappa shape index (κ1) is 23.3. The largest absolute Gasteiger partial charge is 0.456 e. The second kappa shape index (κ2) is 9.54. The highest BCUT2D eigenvalue weighted by Crippen LogP contribution is 2.38. The van der Waals surface area contributed by atoms with Crippen LogP contribution in [0.25, 0.3) is 78.0 Å². The lowest BCUT2D eigenvalue weighted by molar-refractivity contribution is 0.669. The molecule has 192 valence electrons. The van der Waals surface area contributed by atoms with E-state index in [0.29, 0.717) is 17.5 Å². The van der Waals surface area contributed by atoms with Gasteiger partial charge in [0.15, 0.2) is 17.5 Å². The van der Waals surface area contributed by atoms with Crippen molar-refractivity contribution in [3.8, 4) is 45.3 Å². The molecule has 0 saturated heterocycles. The molecule has 0 unspecified atom stereocenters. The molecule has 0 bridgehead atoms. The first-order valence-electron chi connectivity index (χ1n) is 13.6. The van der Waals surface area contributed by atoms with Gasteiger partial charge in [-0.15, -0.1) is 0 Å². The summed E-state index contributed by atoms with van der Waals surface area (Å²) in [5, 5.41) is 4.37. The van der Waals surface area contributed by atoms with Gasteiger partial charge in [0.25, 0.3) is 0 Å². The van der Waals surface area contributed by atoms with Crippen LogP contribution >= 0.6 is 0 Å². The number of furan rings is 1. The topological polar surface area (TPSA) is 51.8 Å². The normalized spacial score (nSPS) is 11.4. The third kappa shape index (κ3) is 4.05. The summed E-state index contributed by atoms with van der Waals surface area (Å²) in [6.07, 6.45) is 0. The van der Waals surface area contributed by atoms with E-state index in [1.54, 1.807) is 0 Å². The van der Waals surface area contributed by atoms with E-state index in [4.69, 9.17) is 19.4 Å².